The molecular weight excluding hydrogens is 386 g/mol. The number of sulfonamides is 1. The Labute approximate surface area is 142 Å². The minimum absolute atomic E-state index is 0.300. The fraction of sp³-hybridized carbons (Fsp3) is 0.333. The highest BCUT2D eigenvalue weighted by Gasteiger charge is 2.36. The minimum atomic E-state index is -3.55. The summed E-state index contributed by atoms with van der Waals surface area (Å²) in [5, 5.41) is 0. The lowest BCUT2D eigenvalue weighted by Gasteiger charge is -2.37. The Bertz CT molecular complexity index is 799. The lowest BCUT2D eigenvalue weighted by atomic mass is 9.90. The summed E-state index contributed by atoms with van der Waals surface area (Å²) >= 11 is 4.50. The topological polar surface area (TPSA) is 55.4 Å². The molecule has 1 aromatic heterocycles. The Morgan fingerprint density at radius 2 is 2.00 bits per heavy atom. The first-order valence-corrected chi connectivity index (χ1v) is 9.92. The average molecular weight is 402 g/mol. The Balaban J connectivity index is 1.95. The van der Waals surface area contributed by atoms with E-state index < -0.39 is 15.6 Å². The number of hydrogen-bond acceptors (Lipinski definition) is 4. The summed E-state index contributed by atoms with van der Waals surface area (Å²) in [7, 11) is -3.55. The molecule has 0 saturated heterocycles. The SMILES string of the molecule is CC1(C)CC(NS(=O)(=O)c2ccc(Br)s2)c2ccccc2O1. The average Bonchev–Trinajstić information content (AvgIpc) is 2.84. The van der Waals surface area contributed by atoms with Crippen molar-refractivity contribution in [2.24, 2.45) is 0 Å². The molecule has 1 N–H and O–H groups in total. The monoisotopic (exact) mass is 401 g/mol. The molecule has 0 amide bonds. The molecule has 1 aliphatic heterocycles. The second-order valence-electron chi connectivity index (χ2n) is 5.84. The van der Waals surface area contributed by atoms with Crippen LogP contribution in [0.3, 0.4) is 0 Å². The van der Waals surface area contributed by atoms with Crippen molar-refractivity contribution in [2.45, 2.75) is 36.1 Å². The summed E-state index contributed by atoms with van der Waals surface area (Å²) in [5.74, 6) is 0.735. The molecule has 2 aromatic rings. The normalized spacial score (nSPS) is 20.2. The fourth-order valence-electron chi connectivity index (χ4n) is 2.59. The van der Waals surface area contributed by atoms with Gasteiger partial charge in [0.2, 0.25) is 0 Å². The van der Waals surface area contributed by atoms with E-state index in [0.717, 1.165) is 15.1 Å². The van der Waals surface area contributed by atoms with Crippen LogP contribution in [-0.2, 0) is 10.0 Å². The highest BCUT2D eigenvalue weighted by molar-refractivity contribution is 9.11. The molecule has 2 heterocycles. The first-order chi connectivity index (χ1) is 10.3. The van der Waals surface area contributed by atoms with Crippen molar-refractivity contribution in [2.75, 3.05) is 0 Å². The zero-order valence-electron chi connectivity index (χ0n) is 12.2. The number of halogens is 1. The summed E-state index contributed by atoms with van der Waals surface area (Å²) in [4.78, 5) is 0. The van der Waals surface area contributed by atoms with E-state index in [1.165, 1.54) is 11.3 Å². The molecule has 0 saturated carbocycles. The lowest BCUT2D eigenvalue weighted by Crippen LogP contribution is -2.41. The molecule has 0 fully saturated rings. The second-order valence-corrected chi connectivity index (χ2v) is 10.2. The van der Waals surface area contributed by atoms with Crippen LogP contribution in [0.1, 0.15) is 31.9 Å². The van der Waals surface area contributed by atoms with Gasteiger partial charge < -0.3 is 4.74 Å². The van der Waals surface area contributed by atoms with Crippen LogP contribution in [0.5, 0.6) is 5.75 Å². The van der Waals surface area contributed by atoms with Crippen LogP contribution in [0.2, 0.25) is 0 Å². The van der Waals surface area contributed by atoms with Gasteiger partial charge in [0, 0.05) is 12.0 Å². The predicted octanol–water partition coefficient (Wildman–Crippen LogP) is 4.09. The van der Waals surface area contributed by atoms with E-state index in [2.05, 4.69) is 20.7 Å². The zero-order chi connectivity index (χ0) is 16.0. The van der Waals surface area contributed by atoms with Gasteiger partial charge in [-0.3, -0.25) is 0 Å². The van der Waals surface area contributed by atoms with Crippen LogP contribution in [0, 0.1) is 0 Å². The first kappa shape index (κ1) is 16.0. The van der Waals surface area contributed by atoms with Crippen molar-refractivity contribution in [3.8, 4) is 5.75 Å². The van der Waals surface area contributed by atoms with E-state index >= 15 is 0 Å². The maximum absolute atomic E-state index is 12.6. The molecule has 1 unspecified atom stereocenters. The largest absolute Gasteiger partial charge is 0.487 e. The van der Waals surface area contributed by atoms with Gasteiger partial charge in [0.1, 0.15) is 15.6 Å². The maximum atomic E-state index is 12.6. The van der Waals surface area contributed by atoms with Gasteiger partial charge in [-0.15, -0.1) is 11.3 Å². The van der Waals surface area contributed by atoms with Gasteiger partial charge in [0.05, 0.1) is 9.83 Å². The van der Waals surface area contributed by atoms with Crippen molar-refractivity contribution in [1.82, 2.24) is 4.72 Å². The van der Waals surface area contributed by atoms with Crippen molar-refractivity contribution in [3.63, 3.8) is 0 Å². The summed E-state index contributed by atoms with van der Waals surface area (Å²) in [6, 6.07) is 10.6. The Kier molecular flexibility index (Phi) is 4.09. The zero-order valence-corrected chi connectivity index (χ0v) is 15.4. The molecule has 4 nitrogen and oxygen atoms in total. The van der Waals surface area contributed by atoms with Gasteiger partial charge in [0.25, 0.3) is 10.0 Å². The van der Waals surface area contributed by atoms with E-state index in [0.29, 0.717) is 10.6 Å². The molecule has 0 aliphatic carbocycles. The van der Waals surface area contributed by atoms with Gasteiger partial charge >= 0.3 is 0 Å². The number of ether oxygens (including phenoxy) is 1. The molecule has 0 spiro atoms. The number of para-hydroxylation sites is 1. The van der Waals surface area contributed by atoms with Gasteiger partial charge in [0.15, 0.2) is 0 Å². The van der Waals surface area contributed by atoms with Crippen LogP contribution >= 0.6 is 27.3 Å². The minimum Gasteiger partial charge on any atom is -0.487 e. The van der Waals surface area contributed by atoms with E-state index in [1.807, 2.05) is 38.1 Å². The number of benzene rings is 1. The van der Waals surface area contributed by atoms with Crippen molar-refractivity contribution in [1.29, 1.82) is 0 Å². The summed E-state index contributed by atoms with van der Waals surface area (Å²) in [6.07, 6.45) is 0.579. The number of hydrogen-bond donors (Lipinski definition) is 1. The first-order valence-electron chi connectivity index (χ1n) is 6.82. The highest BCUT2D eigenvalue weighted by atomic mass is 79.9. The van der Waals surface area contributed by atoms with Crippen molar-refractivity contribution >= 4 is 37.3 Å². The summed E-state index contributed by atoms with van der Waals surface area (Å²) in [6.45, 7) is 3.93. The molecule has 0 bridgehead atoms. The van der Waals surface area contributed by atoms with Crippen LogP contribution in [0.25, 0.3) is 0 Å². The Morgan fingerprint density at radius 3 is 2.68 bits per heavy atom. The molecule has 3 rings (SSSR count). The van der Waals surface area contributed by atoms with E-state index in [1.54, 1.807) is 12.1 Å². The third-order valence-electron chi connectivity index (χ3n) is 3.49. The highest BCUT2D eigenvalue weighted by Crippen LogP contribution is 2.40. The smallest absolute Gasteiger partial charge is 0.250 e. The lowest BCUT2D eigenvalue weighted by molar-refractivity contribution is 0.0702. The Morgan fingerprint density at radius 1 is 1.27 bits per heavy atom. The molecule has 1 aromatic carbocycles. The number of nitrogens with one attached hydrogen (secondary N) is 1. The van der Waals surface area contributed by atoms with Crippen LogP contribution in [0.15, 0.2) is 44.4 Å². The summed E-state index contributed by atoms with van der Waals surface area (Å²) < 4.78 is 35.0. The molecule has 0 radical (unpaired) electrons. The maximum Gasteiger partial charge on any atom is 0.250 e. The molecule has 22 heavy (non-hydrogen) atoms. The molecular formula is C15H16BrNO3S2. The molecule has 7 heteroatoms. The van der Waals surface area contributed by atoms with E-state index in [9.17, 15) is 8.42 Å². The third kappa shape index (κ3) is 3.22. The fourth-order valence-corrected chi connectivity index (χ4v) is 5.84. The van der Waals surface area contributed by atoms with Gasteiger partial charge in [-0.1, -0.05) is 18.2 Å². The second kappa shape index (κ2) is 5.63. The van der Waals surface area contributed by atoms with Gasteiger partial charge in [-0.05, 0) is 48.0 Å². The number of rotatable bonds is 3. The van der Waals surface area contributed by atoms with Crippen LogP contribution in [-0.4, -0.2) is 14.0 Å². The van der Waals surface area contributed by atoms with Gasteiger partial charge in [-0.25, -0.2) is 13.1 Å². The van der Waals surface area contributed by atoms with Crippen LogP contribution in [0.4, 0.5) is 0 Å². The standard InChI is InChI=1S/C15H16BrNO3S2/c1-15(2)9-11(10-5-3-4-6-12(10)20-15)17-22(18,19)14-8-7-13(16)21-14/h3-8,11,17H,9H2,1-2H3. The molecule has 1 aliphatic rings. The molecule has 118 valence electrons. The van der Waals surface area contributed by atoms with Crippen LogP contribution < -0.4 is 9.46 Å². The molecule has 1 atom stereocenters. The quantitative estimate of drug-likeness (QED) is 0.842. The predicted molar refractivity (Wildman–Crippen MR) is 90.8 cm³/mol. The van der Waals surface area contributed by atoms with Crippen molar-refractivity contribution in [3.05, 3.63) is 45.7 Å². The number of thiophene rings is 1. The van der Waals surface area contributed by atoms with E-state index in [4.69, 9.17) is 4.74 Å². The van der Waals surface area contributed by atoms with E-state index in [-0.39, 0.29) is 6.04 Å². The van der Waals surface area contributed by atoms with Gasteiger partial charge in [-0.2, -0.15) is 0 Å². The number of fused-ring (bicyclic) bond motifs is 1. The Hall–Kier alpha value is -0.890. The van der Waals surface area contributed by atoms with Crippen molar-refractivity contribution < 1.29 is 13.2 Å². The third-order valence-corrected chi connectivity index (χ3v) is 7.07. The summed E-state index contributed by atoms with van der Waals surface area (Å²) in [5.41, 5.74) is 0.457.